The van der Waals surface area contributed by atoms with Crippen LogP contribution in [0.15, 0.2) is 0 Å². The van der Waals surface area contributed by atoms with E-state index in [1.807, 2.05) is 0 Å². The van der Waals surface area contributed by atoms with Crippen LogP contribution < -0.4 is 0 Å². The van der Waals surface area contributed by atoms with E-state index in [4.69, 9.17) is 0 Å². The van der Waals surface area contributed by atoms with E-state index in [0.29, 0.717) is 0 Å². The largest absolute Gasteiger partial charge is 0.387 e. The third-order valence-electron chi connectivity index (χ3n) is 1.39. The second kappa shape index (κ2) is 6.73. The molecule has 0 aliphatic carbocycles. The smallest absolute Gasteiger partial charge is 0.382 e. The maximum absolute atomic E-state index is 11.0. The topological polar surface area (TPSA) is 60.4 Å². The van der Waals surface area contributed by atoms with E-state index in [9.17, 15) is 14.4 Å². The number of Topliss-reactive ketones (excluding diaryl/α,β-unsaturated/α-hetero) is 1. The maximum atomic E-state index is 11.0. The predicted molar refractivity (Wildman–Crippen MR) is 45.8 cm³/mol. The molecule has 1 radical (unpaired) electrons. The summed E-state index contributed by atoms with van der Waals surface area (Å²) in [4.78, 5) is 32.8. The SMILES string of the molecule is CC(C)C(=O)OC(=O)C(=O)C(C)C.[Cu]. The van der Waals surface area contributed by atoms with Crippen molar-refractivity contribution in [3.8, 4) is 0 Å². The molecule has 0 N–H and O–H groups in total. The van der Waals surface area contributed by atoms with E-state index in [1.165, 1.54) is 0 Å². The fourth-order valence-corrected chi connectivity index (χ4v) is 0.495. The molecule has 14 heavy (non-hydrogen) atoms. The molecular formula is C9H14CuO4. The molecule has 4 nitrogen and oxygen atoms in total. The van der Waals surface area contributed by atoms with Gasteiger partial charge in [-0.25, -0.2) is 4.79 Å². The normalized spacial score (nSPS) is 9.57. The maximum Gasteiger partial charge on any atom is 0.382 e. The Morgan fingerprint density at radius 3 is 1.64 bits per heavy atom. The average Bonchev–Trinajstić information content (AvgIpc) is 2.02. The van der Waals surface area contributed by atoms with Crippen molar-refractivity contribution in [2.75, 3.05) is 0 Å². The molecule has 0 fully saturated rings. The van der Waals surface area contributed by atoms with Crippen molar-refractivity contribution >= 4 is 17.7 Å². The van der Waals surface area contributed by atoms with E-state index in [-0.39, 0.29) is 17.1 Å². The first-order valence-electron chi connectivity index (χ1n) is 4.16. The summed E-state index contributed by atoms with van der Waals surface area (Å²) in [7, 11) is 0. The molecule has 5 heteroatoms. The number of rotatable bonds is 3. The molecule has 0 aliphatic heterocycles. The van der Waals surface area contributed by atoms with Crippen LogP contribution in [0.4, 0.5) is 0 Å². The summed E-state index contributed by atoms with van der Waals surface area (Å²) in [5.41, 5.74) is 0. The fourth-order valence-electron chi connectivity index (χ4n) is 0.495. The van der Waals surface area contributed by atoms with Crippen LogP contribution >= 0.6 is 0 Å². The minimum Gasteiger partial charge on any atom is -0.387 e. The van der Waals surface area contributed by atoms with Crippen LogP contribution in [-0.4, -0.2) is 17.7 Å². The summed E-state index contributed by atoms with van der Waals surface area (Å²) < 4.78 is 4.31. The van der Waals surface area contributed by atoms with Crippen LogP contribution in [0.3, 0.4) is 0 Å². The fraction of sp³-hybridized carbons (Fsp3) is 0.667. The Hall–Kier alpha value is -0.671. The van der Waals surface area contributed by atoms with Gasteiger partial charge in [-0.2, -0.15) is 0 Å². The molecular weight excluding hydrogens is 236 g/mol. The minimum atomic E-state index is -1.06. The van der Waals surface area contributed by atoms with Gasteiger partial charge in [0.1, 0.15) is 0 Å². The molecule has 0 saturated heterocycles. The molecule has 0 aromatic carbocycles. The molecule has 85 valence electrons. The number of esters is 2. The predicted octanol–water partition coefficient (Wildman–Crippen LogP) is 0.935. The van der Waals surface area contributed by atoms with Crippen molar-refractivity contribution in [1.82, 2.24) is 0 Å². The van der Waals surface area contributed by atoms with Gasteiger partial charge < -0.3 is 4.74 Å². The number of ketones is 1. The van der Waals surface area contributed by atoms with Gasteiger partial charge >= 0.3 is 11.9 Å². The number of hydrogen-bond donors (Lipinski definition) is 0. The zero-order chi connectivity index (χ0) is 10.6. The number of carbonyl (C=O) groups excluding carboxylic acids is 3. The summed E-state index contributed by atoms with van der Waals surface area (Å²) in [6.07, 6.45) is 0. The van der Waals surface area contributed by atoms with Gasteiger partial charge in [-0.1, -0.05) is 27.7 Å². The third kappa shape index (κ3) is 5.14. The van der Waals surface area contributed by atoms with Gasteiger partial charge in [0.05, 0.1) is 5.92 Å². The quantitative estimate of drug-likeness (QED) is 0.323. The van der Waals surface area contributed by atoms with E-state index in [1.54, 1.807) is 27.7 Å². The Labute approximate surface area is 93.9 Å². The third-order valence-corrected chi connectivity index (χ3v) is 1.39. The molecule has 0 heterocycles. The molecule has 0 amide bonds. The molecule has 0 aromatic rings. The number of ether oxygens (including phenoxy) is 1. The summed E-state index contributed by atoms with van der Waals surface area (Å²) >= 11 is 0. The Bertz CT molecular complexity index is 233. The van der Waals surface area contributed by atoms with E-state index in [0.717, 1.165) is 0 Å². The molecule has 0 rings (SSSR count). The van der Waals surface area contributed by atoms with Crippen LogP contribution in [0.25, 0.3) is 0 Å². The molecule has 0 aromatic heterocycles. The number of hydrogen-bond acceptors (Lipinski definition) is 4. The Morgan fingerprint density at radius 2 is 1.36 bits per heavy atom. The molecule has 0 bridgehead atoms. The van der Waals surface area contributed by atoms with Crippen molar-refractivity contribution < 1.29 is 36.2 Å². The Morgan fingerprint density at radius 1 is 0.929 bits per heavy atom. The van der Waals surface area contributed by atoms with Crippen LogP contribution in [0.2, 0.25) is 0 Å². The summed E-state index contributed by atoms with van der Waals surface area (Å²) in [5.74, 6) is -3.24. The second-order valence-electron chi connectivity index (χ2n) is 3.38. The molecule has 0 unspecified atom stereocenters. The van der Waals surface area contributed by atoms with Crippen LogP contribution in [0.1, 0.15) is 27.7 Å². The zero-order valence-corrected chi connectivity index (χ0v) is 9.53. The Kier molecular flexibility index (Phi) is 7.59. The monoisotopic (exact) mass is 249 g/mol. The van der Waals surface area contributed by atoms with Gasteiger partial charge in [-0.3, -0.25) is 9.59 Å². The first-order chi connectivity index (χ1) is 5.86. The van der Waals surface area contributed by atoms with Crippen LogP contribution in [0.5, 0.6) is 0 Å². The molecule has 0 aliphatic rings. The summed E-state index contributed by atoms with van der Waals surface area (Å²) in [5, 5.41) is 0. The van der Waals surface area contributed by atoms with Gasteiger partial charge in [-0.05, 0) is 0 Å². The van der Waals surface area contributed by atoms with Gasteiger partial charge in [0.25, 0.3) is 0 Å². The molecule has 0 spiro atoms. The number of carbonyl (C=O) groups is 3. The summed E-state index contributed by atoms with van der Waals surface area (Å²) in [6, 6.07) is 0. The van der Waals surface area contributed by atoms with E-state index in [2.05, 4.69) is 4.74 Å². The van der Waals surface area contributed by atoms with E-state index >= 15 is 0 Å². The van der Waals surface area contributed by atoms with Crippen molar-refractivity contribution in [3.05, 3.63) is 0 Å². The Balaban J connectivity index is 0. The van der Waals surface area contributed by atoms with Crippen molar-refractivity contribution in [1.29, 1.82) is 0 Å². The van der Waals surface area contributed by atoms with Crippen LogP contribution in [-0.2, 0) is 36.2 Å². The molecule has 0 saturated carbocycles. The first-order valence-corrected chi connectivity index (χ1v) is 4.16. The van der Waals surface area contributed by atoms with E-state index < -0.39 is 29.6 Å². The van der Waals surface area contributed by atoms with Gasteiger partial charge in [0.2, 0.25) is 5.78 Å². The van der Waals surface area contributed by atoms with Gasteiger partial charge in [0, 0.05) is 23.0 Å². The summed E-state index contributed by atoms with van der Waals surface area (Å²) in [6.45, 7) is 6.33. The van der Waals surface area contributed by atoms with Crippen molar-refractivity contribution in [2.24, 2.45) is 11.8 Å². The minimum absolute atomic E-state index is 0. The van der Waals surface area contributed by atoms with Crippen molar-refractivity contribution in [3.63, 3.8) is 0 Å². The zero-order valence-electron chi connectivity index (χ0n) is 8.59. The standard InChI is InChI=1S/C9H14O4.Cu/c1-5(2)7(10)9(12)13-8(11)6(3)4;/h5-6H,1-4H3;. The van der Waals surface area contributed by atoms with Gasteiger partial charge in [0.15, 0.2) is 0 Å². The average molecular weight is 250 g/mol. The first kappa shape index (κ1) is 15.8. The second-order valence-corrected chi connectivity index (χ2v) is 3.38. The van der Waals surface area contributed by atoms with Crippen LogP contribution in [0, 0.1) is 11.8 Å². The van der Waals surface area contributed by atoms with Crippen molar-refractivity contribution in [2.45, 2.75) is 27.7 Å². The molecule has 0 atom stereocenters. The van der Waals surface area contributed by atoms with Gasteiger partial charge in [-0.15, -0.1) is 0 Å².